The molecule has 0 aromatic carbocycles. The Labute approximate surface area is 74.9 Å². The van der Waals surface area contributed by atoms with Gasteiger partial charge in [0.25, 0.3) is 0 Å². The van der Waals surface area contributed by atoms with Gasteiger partial charge in [0.1, 0.15) is 11.0 Å². The number of hydrogen-bond donors (Lipinski definition) is 1. The van der Waals surface area contributed by atoms with Crippen molar-refractivity contribution in [1.82, 2.24) is 4.98 Å². The Kier molecular flexibility index (Phi) is 3.19. The molecule has 0 amide bonds. The van der Waals surface area contributed by atoms with Crippen LogP contribution in [-0.4, -0.2) is 11.5 Å². The van der Waals surface area contributed by atoms with Crippen LogP contribution < -0.4 is 5.73 Å². The summed E-state index contributed by atoms with van der Waals surface area (Å²) in [6.45, 7) is 0.396. The standard InChI is InChI=1S/C8H8ClFN2/c9-8-6(2-1-3-11)4-7(10)5-12-8/h1-2,4-5H,3,11H2. The van der Waals surface area contributed by atoms with E-state index < -0.39 is 5.82 Å². The minimum Gasteiger partial charge on any atom is -0.327 e. The third-order valence-corrected chi connectivity index (χ3v) is 1.58. The van der Waals surface area contributed by atoms with Crippen LogP contribution in [0.25, 0.3) is 6.08 Å². The van der Waals surface area contributed by atoms with E-state index in [2.05, 4.69) is 4.98 Å². The molecular weight excluding hydrogens is 179 g/mol. The number of nitrogens with zero attached hydrogens (tertiary/aromatic N) is 1. The molecule has 0 unspecified atom stereocenters. The van der Waals surface area contributed by atoms with Gasteiger partial charge in [-0.1, -0.05) is 23.8 Å². The summed E-state index contributed by atoms with van der Waals surface area (Å²) in [4.78, 5) is 3.63. The van der Waals surface area contributed by atoms with E-state index in [9.17, 15) is 4.39 Å². The van der Waals surface area contributed by atoms with Crippen LogP contribution in [0, 0.1) is 5.82 Å². The third kappa shape index (κ3) is 2.29. The quantitative estimate of drug-likeness (QED) is 0.716. The normalized spacial score (nSPS) is 10.9. The highest BCUT2D eigenvalue weighted by Gasteiger charge is 1.98. The first-order chi connectivity index (χ1) is 5.74. The molecule has 1 aromatic rings. The molecule has 0 aliphatic heterocycles. The molecule has 2 nitrogen and oxygen atoms in total. The van der Waals surface area contributed by atoms with Crippen LogP contribution in [0.1, 0.15) is 5.56 Å². The van der Waals surface area contributed by atoms with Crippen LogP contribution in [0.15, 0.2) is 18.3 Å². The summed E-state index contributed by atoms with van der Waals surface area (Å²) in [5, 5.41) is 0.279. The fourth-order valence-corrected chi connectivity index (χ4v) is 0.916. The van der Waals surface area contributed by atoms with E-state index in [0.29, 0.717) is 12.1 Å². The van der Waals surface area contributed by atoms with Gasteiger partial charge in [-0.05, 0) is 6.07 Å². The molecular formula is C8H8ClFN2. The predicted octanol–water partition coefficient (Wildman–Crippen LogP) is 1.85. The first kappa shape index (κ1) is 9.16. The predicted molar refractivity (Wildman–Crippen MR) is 47.3 cm³/mol. The van der Waals surface area contributed by atoms with Crippen molar-refractivity contribution in [2.24, 2.45) is 5.73 Å². The molecule has 0 saturated heterocycles. The molecule has 0 aliphatic rings. The van der Waals surface area contributed by atoms with Gasteiger partial charge in [0.05, 0.1) is 6.20 Å². The molecule has 4 heteroatoms. The van der Waals surface area contributed by atoms with Gasteiger partial charge in [-0.25, -0.2) is 9.37 Å². The molecule has 12 heavy (non-hydrogen) atoms. The van der Waals surface area contributed by atoms with Gasteiger partial charge in [-0.15, -0.1) is 0 Å². The van der Waals surface area contributed by atoms with Crippen LogP contribution in [-0.2, 0) is 0 Å². The zero-order valence-corrected chi connectivity index (χ0v) is 7.05. The van der Waals surface area contributed by atoms with Crippen LogP contribution >= 0.6 is 11.6 Å². The van der Waals surface area contributed by atoms with E-state index in [1.54, 1.807) is 12.2 Å². The first-order valence-electron chi connectivity index (χ1n) is 3.41. The minimum absolute atomic E-state index is 0.279. The average molecular weight is 187 g/mol. The fourth-order valence-electron chi connectivity index (χ4n) is 0.750. The number of rotatable bonds is 2. The molecule has 0 spiro atoms. The van der Waals surface area contributed by atoms with Crippen LogP contribution in [0.4, 0.5) is 4.39 Å². The van der Waals surface area contributed by atoms with E-state index in [-0.39, 0.29) is 5.15 Å². The largest absolute Gasteiger partial charge is 0.327 e. The lowest BCUT2D eigenvalue weighted by molar-refractivity contribution is 0.621. The minimum atomic E-state index is -0.406. The van der Waals surface area contributed by atoms with Crippen LogP contribution in [0.5, 0.6) is 0 Å². The van der Waals surface area contributed by atoms with Crippen molar-refractivity contribution >= 4 is 17.7 Å². The topological polar surface area (TPSA) is 38.9 Å². The van der Waals surface area contributed by atoms with Gasteiger partial charge in [-0.3, -0.25) is 0 Å². The summed E-state index contributed by atoms with van der Waals surface area (Å²) < 4.78 is 12.6. The molecule has 64 valence electrons. The molecule has 1 aromatic heterocycles. The lowest BCUT2D eigenvalue weighted by Crippen LogP contribution is -1.92. The van der Waals surface area contributed by atoms with Crippen molar-refractivity contribution in [3.8, 4) is 0 Å². The number of pyridine rings is 1. The number of aromatic nitrogens is 1. The smallest absolute Gasteiger partial charge is 0.142 e. The Hall–Kier alpha value is -0.930. The Morgan fingerprint density at radius 3 is 3.08 bits per heavy atom. The highest BCUT2D eigenvalue weighted by atomic mass is 35.5. The van der Waals surface area contributed by atoms with E-state index in [1.165, 1.54) is 6.07 Å². The summed E-state index contributed by atoms with van der Waals surface area (Å²) in [5.74, 6) is -0.406. The molecule has 0 saturated carbocycles. The first-order valence-corrected chi connectivity index (χ1v) is 3.79. The van der Waals surface area contributed by atoms with Crippen molar-refractivity contribution in [3.05, 3.63) is 34.9 Å². The van der Waals surface area contributed by atoms with E-state index >= 15 is 0 Å². The molecule has 0 atom stereocenters. The molecule has 2 N–H and O–H groups in total. The highest BCUT2D eigenvalue weighted by Crippen LogP contribution is 2.14. The van der Waals surface area contributed by atoms with E-state index in [1.807, 2.05) is 0 Å². The van der Waals surface area contributed by atoms with Crippen molar-refractivity contribution in [2.45, 2.75) is 0 Å². The van der Waals surface area contributed by atoms with Crippen molar-refractivity contribution < 1.29 is 4.39 Å². The molecule has 1 heterocycles. The summed E-state index contributed by atoms with van der Waals surface area (Å²) in [5.41, 5.74) is 5.76. The summed E-state index contributed by atoms with van der Waals surface area (Å²) in [6.07, 6.45) is 4.39. The Balaban J connectivity index is 2.97. The summed E-state index contributed by atoms with van der Waals surface area (Å²) >= 11 is 5.66. The zero-order valence-electron chi connectivity index (χ0n) is 6.30. The maximum atomic E-state index is 12.6. The van der Waals surface area contributed by atoms with E-state index in [0.717, 1.165) is 6.20 Å². The Bertz CT molecular complexity index is 299. The second kappa shape index (κ2) is 4.18. The van der Waals surface area contributed by atoms with Gasteiger partial charge in [-0.2, -0.15) is 0 Å². The van der Waals surface area contributed by atoms with Crippen molar-refractivity contribution in [1.29, 1.82) is 0 Å². The fraction of sp³-hybridized carbons (Fsp3) is 0.125. The van der Waals surface area contributed by atoms with Crippen LogP contribution in [0.2, 0.25) is 5.15 Å². The summed E-state index contributed by atoms with van der Waals surface area (Å²) in [6, 6.07) is 1.31. The molecule has 0 aliphatic carbocycles. The maximum Gasteiger partial charge on any atom is 0.142 e. The SMILES string of the molecule is NCC=Cc1cc(F)cnc1Cl. The van der Waals surface area contributed by atoms with Gasteiger partial charge in [0.2, 0.25) is 0 Å². The second-order valence-corrected chi connectivity index (χ2v) is 2.53. The average Bonchev–Trinajstić information content (AvgIpc) is 2.07. The summed E-state index contributed by atoms with van der Waals surface area (Å²) in [7, 11) is 0. The van der Waals surface area contributed by atoms with Gasteiger partial charge in [0, 0.05) is 12.1 Å². The number of halogens is 2. The van der Waals surface area contributed by atoms with Gasteiger partial charge in [0.15, 0.2) is 0 Å². The van der Waals surface area contributed by atoms with Crippen LogP contribution in [0.3, 0.4) is 0 Å². The molecule has 0 radical (unpaired) electrons. The molecule has 0 bridgehead atoms. The second-order valence-electron chi connectivity index (χ2n) is 2.17. The Morgan fingerprint density at radius 1 is 1.67 bits per heavy atom. The molecule has 0 fully saturated rings. The lowest BCUT2D eigenvalue weighted by atomic mass is 10.2. The monoisotopic (exact) mass is 186 g/mol. The van der Waals surface area contributed by atoms with E-state index in [4.69, 9.17) is 17.3 Å². The third-order valence-electron chi connectivity index (χ3n) is 1.27. The number of hydrogen-bond acceptors (Lipinski definition) is 2. The highest BCUT2D eigenvalue weighted by molar-refractivity contribution is 6.30. The Morgan fingerprint density at radius 2 is 2.42 bits per heavy atom. The van der Waals surface area contributed by atoms with Gasteiger partial charge < -0.3 is 5.73 Å². The number of nitrogens with two attached hydrogens (primary N) is 1. The van der Waals surface area contributed by atoms with Crippen molar-refractivity contribution in [3.63, 3.8) is 0 Å². The van der Waals surface area contributed by atoms with Crippen molar-refractivity contribution in [2.75, 3.05) is 6.54 Å². The zero-order chi connectivity index (χ0) is 8.97. The molecule has 1 rings (SSSR count). The maximum absolute atomic E-state index is 12.6. The van der Waals surface area contributed by atoms with Gasteiger partial charge >= 0.3 is 0 Å². The lowest BCUT2D eigenvalue weighted by Gasteiger charge is -1.95.